The van der Waals surface area contributed by atoms with E-state index in [0.29, 0.717) is 11.5 Å². The van der Waals surface area contributed by atoms with Gasteiger partial charge in [-0.25, -0.2) is 9.97 Å². The molecule has 0 saturated carbocycles. The molecule has 0 saturated heterocycles. The minimum absolute atomic E-state index is 0.387. The second kappa shape index (κ2) is 2.30. The topological polar surface area (TPSA) is 73.3 Å². The normalized spacial score (nSPS) is 10.3. The van der Waals surface area contributed by atoms with Gasteiger partial charge in [0.2, 0.25) is 5.78 Å². The molecular weight excluding hydrogens is 156 g/mol. The summed E-state index contributed by atoms with van der Waals surface area (Å²) in [6.07, 6.45) is 4.71. The Balaban J connectivity index is 2.82. The second-order valence-corrected chi connectivity index (χ2v) is 2.29. The molecule has 0 aliphatic rings. The molecule has 5 nitrogen and oxygen atoms in total. The third-order valence-electron chi connectivity index (χ3n) is 1.56. The van der Waals surface area contributed by atoms with E-state index < -0.39 is 5.91 Å². The number of nitrogens with zero attached hydrogens (tertiary/aromatic N) is 3. The van der Waals surface area contributed by atoms with Gasteiger partial charge in [-0.2, -0.15) is 0 Å². The van der Waals surface area contributed by atoms with E-state index in [2.05, 4.69) is 9.97 Å². The van der Waals surface area contributed by atoms with Gasteiger partial charge < -0.3 is 5.73 Å². The van der Waals surface area contributed by atoms with E-state index in [1.54, 1.807) is 22.9 Å². The molecule has 0 aliphatic heterocycles. The van der Waals surface area contributed by atoms with Gasteiger partial charge in [0, 0.05) is 18.6 Å². The standard InChI is InChI=1S/C7H6N4O/c8-6(12)5-1-2-9-7-10-3-4-11(5)7/h1-4H,(H2,8,12). The Kier molecular flexibility index (Phi) is 1.30. The fraction of sp³-hybridized carbons (Fsp3) is 0. The van der Waals surface area contributed by atoms with Crippen LogP contribution < -0.4 is 5.73 Å². The Labute approximate surface area is 67.9 Å². The van der Waals surface area contributed by atoms with Crippen LogP contribution in [-0.2, 0) is 0 Å². The van der Waals surface area contributed by atoms with Crippen molar-refractivity contribution in [3.05, 3.63) is 30.4 Å². The van der Waals surface area contributed by atoms with E-state index in [9.17, 15) is 4.79 Å². The number of hydrogen-bond acceptors (Lipinski definition) is 3. The number of amides is 1. The van der Waals surface area contributed by atoms with Gasteiger partial charge in [-0.15, -0.1) is 0 Å². The molecule has 0 bridgehead atoms. The van der Waals surface area contributed by atoms with Gasteiger partial charge in [0.05, 0.1) is 0 Å². The van der Waals surface area contributed by atoms with Crippen molar-refractivity contribution >= 4 is 11.7 Å². The zero-order valence-electron chi connectivity index (χ0n) is 6.14. The number of fused-ring (bicyclic) bond motifs is 1. The number of carbonyl (C=O) groups excluding carboxylic acids is 1. The molecule has 60 valence electrons. The van der Waals surface area contributed by atoms with Crippen LogP contribution in [0.2, 0.25) is 0 Å². The van der Waals surface area contributed by atoms with E-state index in [1.807, 2.05) is 0 Å². The lowest BCUT2D eigenvalue weighted by Gasteiger charge is -1.97. The number of aromatic nitrogens is 3. The molecule has 0 aromatic carbocycles. The molecule has 0 unspecified atom stereocenters. The maximum atomic E-state index is 10.9. The molecule has 2 aromatic rings. The van der Waals surface area contributed by atoms with Crippen LogP contribution in [-0.4, -0.2) is 20.3 Å². The highest BCUT2D eigenvalue weighted by molar-refractivity contribution is 5.91. The number of carbonyl (C=O) groups is 1. The van der Waals surface area contributed by atoms with Crippen molar-refractivity contribution in [1.82, 2.24) is 14.4 Å². The monoisotopic (exact) mass is 162 g/mol. The van der Waals surface area contributed by atoms with Gasteiger partial charge in [-0.1, -0.05) is 0 Å². The third kappa shape index (κ3) is 0.833. The fourth-order valence-corrected chi connectivity index (χ4v) is 1.03. The maximum Gasteiger partial charge on any atom is 0.265 e. The smallest absolute Gasteiger partial charge is 0.265 e. The number of primary amides is 1. The lowest BCUT2D eigenvalue weighted by molar-refractivity contribution is 0.0994. The number of imidazole rings is 1. The third-order valence-corrected chi connectivity index (χ3v) is 1.56. The van der Waals surface area contributed by atoms with Gasteiger partial charge in [0.1, 0.15) is 5.69 Å². The van der Waals surface area contributed by atoms with Crippen molar-refractivity contribution < 1.29 is 4.79 Å². The minimum Gasteiger partial charge on any atom is -0.364 e. The number of rotatable bonds is 1. The SMILES string of the molecule is NC(=O)c1ccnc2nccn12. The van der Waals surface area contributed by atoms with E-state index >= 15 is 0 Å². The van der Waals surface area contributed by atoms with Crippen molar-refractivity contribution in [3.63, 3.8) is 0 Å². The molecule has 0 spiro atoms. The number of hydrogen-bond donors (Lipinski definition) is 1. The Hall–Kier alpha value is -1.91. The van der Waals surface area contributed by atoms with Crippen LogP contribution in [0.5, 0.6) is 0 Å². The van der Waals surface area contributed by atoms with E-state index in [0.717, 1.165) is 0 Å². The molecule has 2 heterocycles. The van der Waals surface area contributed by atoms with E-state index in [-0.39, 0.29) is 0 Å². The van der Waals surface area contributed by atoms with Crippen LogP contribution in [0.1, 0.15) is 10.5 Å². The molecule has 0 radical (unpaired) electrons. The van der Waals surface area contributed by atoms with Crippen LogP contribution in [0, 0.1) is 0 Å². The average Bonchev–Trinajstić information content (AvgIpc) is 2.49. The summed E-state index contributed by atoms with van der Waals surface area (Å²) in [5, 5.41) is 0. The van der Waals surface area contributed by atoms with Gasteiger partial charge in [-0.3, -0.25) is 9.20 Å². The Morgan fingerprint density at radius 1 is 1.42 bits per heavy atom. The highest BCUT2D eigenvalue weighted by Gasteiger charge is 2.05. The molecule has 0 atom stereocenters. The minimum atomic E-state index is -0.486. The van der Waals surface area contributed by atoms with Gasteiger partial charge in [-0.05, 0) is 6.07 Å². The van der Waals surface area contributed by atoms with Crippen molar-refractivity contribution in [2.45, 2.75) is 0 Å². The predicted octanol–water partition coefficient (Wildman–Crippen LogP) is -0.172. The van der Waals surface area contributed by atoms with Crippen molar-refractivity contribution in [1.29, 1.82) is 0 Å². The first-order chi connectivity index (χ1) is 5.79. The Morgan fingerprint density at radius 3 is 2.92 bits per heavy atom. The second-order valence-electron chi connectivity index (χ2n) is 2.29. The summed E-state index contributed by atoms with van der Waals surface area (Å²) in [7, 11) is 0. The molecule has 1 amide bonds. The summed E-state index contributed by atoms with van der Waals surface area (Å²) < 4.78 is 1.54. The van der Waals surface area contributed by atoms with Crippen LogP contribution in [0.25, 0.3) is 5.78 Å². The van der Waals surface area contributed by atoms with Crippen LogP contribution in [0.3, 0.4) is 0 Å². The van der Waals surface area contributed by atoms with Crippen LogP contribution in [0.4, 0.5) is 0 Å². The van der Waals surface area contributed by atoms with Crippen LogP contribution in [0.15, 0.2) is 24.7 Å². The largest absolute Gasteiger partial charge is 0.364 e. The molecule has 0 aliphatic carbocycles. The predicted molar refractivity (Wildman–Crippen MR) is 41.5 cm³/mol. The molecular formula is C7H6N4O. The zero-order valence-corrected chi connectivity index (χ0v) is 6.14. The van der Waals surface area contributed by atoms with Crippen molar-refractivity contribution in [2.24, 2.45) is 5.73 Å². The lowest BCUT2D eigenvalue weighted by Crippen LogP contribution is -2.15. The first-order valence-corrected chi connectivity index (χ1v) is 3.37. The summed E-state index contributed by atoms with van der Waals surface area (Å²) >= 11 is 0. The van der Waals surface area contributed by atoms with Gasteiger partial charge in [0.15, 0.2) is 0 Å². The molecule has 2 aromatic heterocycles. The van der Waals surface area contributed by atoms with Crippen LogP contribution >= 0.6 is 0 Å². The first kappa shape index (κ1) is 6.78. The van der Waals surface area contributed by atoms with E-state index in [1.165, 1.54) is 6.20 Å². The zero-order chi connectivity index (χ0) is 8.55. The highest BCUT2D eigenvalue weighted by atomic mass is 16.1. The number of nitrogens with two attached hydrogens (primary N) is 1. The Bertz CT molecular complexity index is 434. The molecule has 12 heavy (non-hydrogen) atoms. The molecule has 5 heteroatoms. The van der Waals surface area contributed by atoms with Crippen molar-refractivity contribution in [3.8, 4) is 0 Å². The van der Waals surface area contributed by atoms with Gasteiger partial charge >= 0.3 is 0 Å². The quantitative estimate of drug-likeness (QED) is 0.632. The Morgan fingerprint density at radius 2 is 2.17 bits per heavy atom. The molecule has 2 N–H and O–H groups in total. The van der Waals surface area contributed by atoms with Crippen molar-refractivity contribution in [2.75, 3.05) is 0 Å². The summed E-state index contributed by atoms with van der Waals surface area (Å²) in [4.78, 5) is 18.7. The summed E-state index contributed by atoms with van der Waals surface area (Å²) in [6.45, 7) is 0. The fourth-order valence-electron chi connectivity index (χ4n) is 1.03. The first-order valence-electron chi connectivity index (χ1n) is 3.37. The molecule has 0 fully saturated rings. The van der Waals surface area contributed by atoms with E-state index in [4.69, 9.17) is 5.73 Å². The lowest BCUT2D eigenvalue weighted by atomic mass is 10.4. The van der Waals surface area contributed by atoms with Gasteiger partial charge in [0.25, 0.3) is 5.91 Å². The highest BCUT2D eigenvalue weighted by Crippen LogP contribution is 2.00. The molecule has 2 rings (SSSR count). The summed E-state index contributed by atoms with van der Waals surface area (Å²) in [5.41, 5.74) is 5.51. The maximum absolute atomic E-state index is 10.9. The average molecular weight is 162 g/mol. The summed E-state index contributed by atoms with van der Waals surface area (Å²) in [5.74, 6) is -0.00769. The summed E-state index contributed by atoms with van der Waals surface area (Å²) in [6, 6.07) is 1.55.